The summed E-state index contributed by atoms with van der Waals surface area (Å²) < 4.78 is 25.9. The van der Waals surface area contributed by atoms with Crippen LogP contribution < -0.4 is 5.73 Å². The Morgan fingerprint density at radius 3 is 2.43 bits per heavy atom. The fourth-order valence-electron chi connectivity index (χ4n) is 0.851. The highest BCUT2D eigenvalue weighted by atomic mass is 79.9. The molecule has 0 fully saturated rings. The lowest BCUT2D eigenvalue weighted by Gasteiger charge is -2.02. The summed E-state index contributed by atoms with van der Waals surface area (Å²) in [4.78, 5) is 11.0. The Morgan fingerprint density at radius 2 is 1.93 bits per heavy atom. The Bertz CT molecular complexity index is 359. The number of halogens is 4. The summed E-state index contributed by atoms with van der Waals surface area (Å²) in [5.41, 5.74) is 4.69. The number of ketones is 1. The molecule has 0 bridgehead atoms. The van der Waals surface area contributed by atoms with Gasteiger partial charge in [0.2, 0.25) is 0 Å². The molecule has 1 rings (SSSR count). The quantitative estimate of drug-likeness (QED) is 0.669. The monoisotopic (exact) mass is 285 g/mol. The van der Waals surface area contributed by atoms with E-state index in [1.165, 1.54) is 12.1 Å². The average Bonchev–Trinajstić information content (AvgIpc) is 2.13. The first kappa shape index (κ1) is 13.5. The molecule has 14 heavy (non-hydrogen) atoms. The second-order valence-corrected chi connectivity index (χ2v) is 3.20. The van der Waals surface area contributed by atoms with Crippen molar-refractivity contribution < 1.29 is 13.6 Å². The van der Waals surface area contributed by atoms with Crippen LogP contribution in [0.15, 0.2) is 16.6 Å². The van der Waals surface area contributed by atoms with Crippen molar-refractivity contribution in [1.29, 1.82) is 0 Å². The van der Waals surface area contributed by atoms with E-state index in [1.54, 1.807) is 0 Å². The van der Waals surface area contributed by atoms with Crippen molar-refractivity contribution in [3.63, 3.8) is 0 Å². The van der Waals surface area contributed by atoms with Gasteiger partial charge in [-0.15, -0.1) is 12.4 Å². The Kier molecular flexibility index (Phi) is 5.18. The van der Waals surface area contributed by atoms with E-state index in [-0.39, 0.29) is 29.0 Å². The van der Waals surface area contributed by atoms with Gasteiger partial charge in [0.05, 0.1) is 16.6 Å². The lowest BCUT2D eigenvalue weighted by Crippen LogP contribution is -2.15. The molecule has 0 unspecified atom stereocenters. The first-order chi connectivity index (χ1) is 6.07. The van der Waals surface area contributed by atoms with Gasteiger partial charge in [-0.25, -0.2) is 8.78 Å². The molecule has 0 radical (unpaired) electrons. The predicted molar refractivity (Wildman–Crippen MR) is 54.7 cm³/mol. The molecule has 0 amide bonds. The highest BCUT2D eigenvalue weighted by Gasteiger charge is 2.15. The molecule has 1 aromatic carbocycles. The number of carbonyl (C=O) groups is 1. The number of benzene rings is 1. The van der Waals surface area contributed by atoms with E-state index in [2.05, 4.69) is 15.9 Å². The largest absolute Gasteiger partial charge is 0.324 e. The fourth-order valence-corrected chi connectivity index (χ4v) is 1.16. The zero-order valence-electron chi connectivity index (χ0n) is 6.89. The number of hydrogen-bond donors (Lipinski definition) is 1. The first-order valence-corrected chi connectivity index (χ1v) is 4.24. The number of Topliss-reactive ketones (excluding diaryl/α,β-unsaturated/α-hetero) is 1. The molecule has 0 heterocycles. The van der Waals surface area contributed by atoms with Crippen molar-refractivity contribution in [3.05, 3.63) is 33.8 Å². The van der Waals surface area contributed by atoms with Gasteiger partial charge in [0.25, 0.3) is 0 Å². The third-order valence-electron chi connectivity index (χ3n) is 1.52. The average molecular weight is 287 g/mol. The van der Waals surface area contributed by atoms with Gasteiger partial charge in [-0.2, -0.15) is 0 Å². The van der Waals surface area contributed by atoms with Gasteiger partial charge in [-0.3, -0.25) is 4.79 Å². The van der Waals surface area contributed by atoms with Gasteiger partial charge in [0, 0.05) is 0 Å². The third-order valence-corrected chi connectivity index (χ3v) is 2.13. The molecule has 2 nitrogen and oxygen atoms in total. The zero-order chi connectivity index (χ0) is 10.0. The summed E-state index contributed by atoms with van der Waals surface area (Å²) in [6.07, 6.45) is 0. The minimum Gasteiger partial charge on any atom is -0.324 e. The Hall–Kier alpha value is -0.520. The molecular weight excluding hydrogens is 279 g/mol. The van der Waals surface area contributed by atoms with E-state index in [0.29, 0.717) is 0 Å². The number of rotatable bonds is 2. The van der Waals surface area contributed by atoms with E-state index in [9.17, 15) is 13.6 Å². The van der Waals surface area contributed by atoms with Crippen LogP contribution in [0.25, 0.3) is 0 Å². The van der Waals surface area contributed by atoms with Gasteiger partial charge in [-0.05, 0) is 28.1 Å². The predicted octanol–water partition coefficient (Wildman–Crippen LogP) is 2.29. The minimum atomic E-state index is -1.16. The van der Waals surface area contributed by atoms with Gasteiger partial charge < -0.3 is 5.73 Å². The maximum absolute atomic E-state index is 13.0. The van der Waals surface area contributed by atoms with Crippen molar-refractivity contribution >= 4 is 34.1 Å². The van der Waals surface area contributed by atoms with Gasteiger partial charge >= 0.3 is 0 Å². The van der Waals surface area contributed by atoms with Crippen molar-refractivity contribution in [2.75, 3.05) is 6.54 Å². The molecule has 0 aliphatic heterocycles. The summed E-state index contributed by atoms with van der Waals surface area (Å²) in [6.45, 7) is -0.335. The topological polar surface area (TPSA) is 43.1 Å². The van der Waals surface area contributed by atoms with E-state index in [1.807, 2.05) is 0 Å². The fraction of sp³-hybridized carbons (Fsp3) is 0.125. The van der Waals surface area contributed by atoms with Crippen LogP contribution in [0.2, 0.25) is 0 Å². The molecule has 2 N–H and O–H groups in total. The van der Waals surface area contributed by atoms with E-state index in [4.69, 9.17) is 5.73 Å². The van der Waals surface area contributed by atoms with Crippen molar-refractivity contribution in [1.82, 2.24) is 0 Å². The minimum absolute atomic E-state index is 0. The Labute approximate surface area is 94.0 Å². The molecule has 6 heteroatoms. The number of hydrogen-bond acceptors (Lipinski definition) is 2. The highest BCUT2D eigenvalue weighted by Crippen LogP contribution is 2.20. The first-order valence-electron chi connectivity index (χ1n) is 3.44. The maximum atomic E-state index is 13.0. The molecule has 0 saturated carbocycles. The maximum Gasteiger partial charge on any atom is 0.179 e. The van der Waals surface area contributed by atoms with Crippen LogP contribution in [0.1, 0.15) is 10.4 Å². The Balaban J connectivity index is 0.00000169. The molecule has 0 aliphatic carbocycles. The molecule has 0 aliphatic rings. The van der Waals surface area contributed by atoms with Crippen LogP contribution in [0.3, 0.4) is 0 Å². The summed E-state index contributed by atoms with van der Waals surface area (Å²) in [7, 11) is 0. The van der Waals surface area contributed by atoms with Gasteiger partial charge in [0.15, 0.2) is 17.4 Å². The second kappa shape index (κ2) is 5.38. The van der Waals surface area contributed by atoms with Crippen LogP contribution in [0, 0.1) is 11.6 Å². The number of nitrogens with two attached hydrogens (primary N) is 1. The molecular formula is C8H7BrClF2NO. The summed E-state index contributed by atoms with van der Waals surface area (Å²) in [6, 6.07) is 2.46. The lowest BCUT2D eigenvalue weighted by atomic mass is 10.1. The Morgan fingerprint density at radius 1 is 1.36 bits per heavy atom. The van der Waals surface area contributed by atoms with Crippen LogP contribution in [-0.2, 0) is 0 Å². The van der Waals surface area contributed by atoms with Crippen molar-refractivity contribution in [3.8, 4) is 0 Å². The van der Waals surface area contributed by atoms with Crippen molar-refractivity contribution in [2.45, 2.75) is 0 Å². The van der Waals surface area contributed by atoms with Gasteiger partial charge in [-0.1, -0.05) is 0 Å². The highest BCUT2D eigenvalue weighted by molar-refractivity contribution is 9.10. The summed E-state index contributed by atoms with van der Waals surface area (Å²) in [5.74, 6) is -2.85. The normalized spacial score (nSPS) is 9.43. The van der Waals surface area contributed by atoms with E-state index < -0.39 is 17.4 Å². The van der Waals surface area contributed by atoms with Crippen LogP contribution in [-0.4, -0.2) is 12.3 Å². The standard InChI is InChI=1S/C8H6BrF2NO.ClH/c9-5-2-1-4(6(13)3-12)7(10)8(5)11;/h1-2H,3,12H2;1H. The van der Waals surface area contributed by atoms with E-state index in [0.717, 1.165) is 0 Å². The SMILES string of the molecule is Cl.NCC(=O)c1ccc(Br)c(F)c1F. The summed E-state index contributed by atoms with van der Waals surface area (Å²) >= 11 is 2.79. The van der Waals surface area contributed by atoms with Crippen LogP contribution in [0.4, 0.5) is 8.78 Å². The van der Waals surface area contributed by atoms with Crippen molar-refractivity contribution in [2.24, 2.45) is 5.73 Å². The van der Waals surface area contributed by atoms with Gasteiger partial charge in [0.1, 0.15) is 0 Å². The molecule has 0 saturated heterocycles. The van der Waals surface area contributed by atoms with Crippen LogP contribution >= 0.6 is 28.3 Å². The third kappa shape index (κ3) is 2.50. The smallest absolute Gasteiger partial charge is 0.179 e. The summed E-state index contributed by atoms with van der Waals surface area (Å²) in [5, 5.41) is 0. The zero-order valence-corrected chi connectivity index (χ0v) is 9.29. The molecule has 0 aromatic heterocycles. The molecule has 1 aromatic rings. The van der Waals surface area contributed by atoms with E-state index >= 15 is 0 Å². The van der Waals surface area contributed by atoms with Crippen LogP contribution in [0.5, 0.6) is 0 Å². The number of carbonyl (C=O) groups excluding carboxylic acids is 1. The molecule has 0 spiro atoms. The molecule has 78 valence electrons. The molecule has 0 atom stereocenters. The second-order valence-electron chi connectivity index (χ2n) is 2.35. The lowest BCUT2D eigenvalue weighted by molar-refractivity contribution is 0.0996.